The number of hydrogen-bond donors (Lipinski definition) is 2. The van der Waals surface area contributed by atoms with Crippen LogP contribution in [0, 0.1) is 0 Å². The van der Waals surface area contributed by atoms with Gasteiger partial charge in [-0.15, -0.1) is 0 Å². The summed E-state index contributed by atoms with van der Waals surface area (Å²) in [7, 11) is 0. The van der Waals surface area contributed by atoms with Crippen LogP contribution in [0.25, 0.3) is 0 Å². The molecule has 0 aromatic heterocycles. The van der Waals surface area contributed by atoms with Gasteiger partial charge in [0, 0.05) is 0 Å². The quantitative estimate of drug-likeness (QED) is 0.499. The summed E-state index contributed by atoms with van der Waals surface area (Å²) >= 11 is 0. The summed E-state index contributed by atoms with van der Waals surface area (Å²) in [5, 5.41) is 0. The van der Waals surface area contributed by atoms with Crippen molar-refractivity contribution < 1.29 is 44.3 Å². The van der Waals surface area contributed by atoms with Gasteiger partial charge in [0.15, 0.2) is 5.75 Å². The van der Waals surface area contributed by atoms with Crippen molar-refractivity contribution in [3.05, 3.63) is 47.0 Å². The Bertz CT molecular complexity index is 799. The number of nitrogen functional groups attached to an aromatic ring is 2. The molecular weight excluding hydrogens is 395 g/mol. The van der Waals surface area contributed by atoms with E-state index in [1.807, 2.05) is 0 Å². The molecule has 148 valence electrons. The standard InChI is InChI=1S/C15H9F9N2O/c16-13(17,18)7-10(25)8(14(19,20)21)12(9(11(7)26)15(22,23)24)27-6-4-2-1-3-5-6/h1-5H,25-26H2. The fraction of sp³-hybridized carbons (Fsp3) is 0.200. The molecule has 0 atom stereocenters. The zero-order valence-electron chi connectivity index (χ0n) is 12.9. The van der Waals surface area contributed by atoms with Crippen LogP contribution in [0.5, 0.6) is 11.5 Å². The molecule has 0 bridgehead atoms. The number of halogens is 9. The van der Waals surface area contributed by atoms with Crippen LogP contribution in [0.4, 0.5) is 50.9 Å². The van der Waals surface area contributed by atoms with Crippen molar-refractivity contribution in [2.75, 3.05) is 11.5 Å². The number of ether oxygens (including phenoxy) is 1. The van der Waals surface area contributed by atoms with Crippen LogP contribution < -0.4 is 16.2 Å². The molecule has 2 rings (SSSR count). The van der Waals surface area contributed by atoms with Crippen molar-refractivity contribution in [2.45, 2.75) is 18.5 Å². The summed E-state index contributed by atoms with van der Waals surface area (Å²) in [5.41, 5.74) is -1.37. The van der Waals surface area contributed by atoms with Crippen LogP contribution in [0.2, 0.25) is 0 Å². The highest BCUT2D eigenvalue weighted by Crippen LogP contribution is 2.55. The van der Waals surface area contributed by atoms with Gasteiger partial charge in [0.25, 0.3) is 0 Å². The number of benzene rings is 2. The molecule has 0 heterocycles. The number of para-hydroxylation sites is 1. The van der Waals surface area contributed by atoms with Crippen LogP contribution in [0.15, 0.2) is 30.3 Å². The SMILES string of the molecule is Nc1c(C(F)(F)F)c(N)c(C(F)(F)F)c(Oc2ccccc2)c1C(F)(F)F. The Labute approximate surface area is 145 Å². The van der Waals surface area contributed by atoms with E-state index in [1.165, 1.54) is 18.2 Å². The van der Waals surface area contributed by atoms with Crippen LogP contribution in [-0.2, 0) is 18.5 Å². The van der Waals surface area contributed by atoms with E-state index in [4.69, 9.17) is 11.5 Å². The summed E-state index contributed by atoms with van der Waals surface area (Å²) in [6.45, 7) is 0. The second kappa shape index (κ2) is 6.43. The van der Waals surface area contributed by atoms with Gasteiger partial charge in [-0.25, -0.2) is 0 Å². The first-order valence-electron chi connectivity index (χ1n) is 6.85. The molecule has 0 saturated carbocycles. The molecule has 3 nitrogen and oxygen atoms in total. The molecule has 4 N–H and O–H groups in total. The van der Waals surface area contributed by atoms with Crippen LogP contribution in [-0.4, -0.2) is 0 Å². The normalized spacial score (nSPS) is 12.9. The van der Waals surface area contributed by atoms with E-state index in [9.17, 15) is 39.5 Å². The van der Waals surface area contributed by atoms with E-state index in [1.54, 1.807) is 0 Å². The predicted octanol–water partition coefficient (Wildman–Crippen LogP) is 5.70. The van der Waals surface area contributed by atoms with Crippen molar-refractivity contribution in [1.82, 2.24) is 0 Å². The maximum Gasteiger partial charge on any atom is 0.422 e. The van der Waals surface area contributed by atoms with E-state index >= 15 is 0 Å². The summed E-state index contributed by atoms with van der Waals surface area (Å²) in [6, 6.07) is 5.85. The highest BCUT2D eigenvalue weighted by molar-refractivity contribution is 5.77. The van der Waals surface area contributed by atoms with Crippen LogP contribution >= 0.6 is 0 Å². The van der Waals surface area contributed by atoms with Gasteiger partial charge in [-0.05, 0) is 12.1 Å². The largest absolute Gasteiger partial charge is 0.456 e. The van der Waals surface area contributed by atoms with Crippen molar-refractivity contribution in [2.24, 2.45) is 0 Å². The lowest BCUT2D eigenvalue weighted by Gasteiger charge is -2.25. The van der Waals surface area contributed by atoms with Gasteiger partial charge >= 0.3 is 18.5 Å². The van der Waals surface area contributed by atoms with Gasteiger partial charge in [0.2, 0.25) is 0 Å². The molecule has 0 amide bonds. The molecule has 0 aliphatic heterocycles. The van der Waals surface area contributed by atoms with Crippen LogP contribution in [0.3, 0.4) is 0 Å². The molecule has 0 aliphatic rings. The Morgan fingerprint density at radius 1 is 0.593 bits per heavy atom. The number of hydrogen-bond acceptors (Lipinski definition) is 3. The predicted molar refractivity (Wildman–Crippen MR) is 76.8 cm³/mol. The highest BCUT2D eigenvalue weighted by Gasteiger charge is 2.51. The third-order valence-electron chi connectivity index (χ3n) is 3.35. The fourth-order valence-corrected chi connectivity index (χ4v) is 2.34. The lowest BCUT2D eigenvalue weighted by atomic mass is 9.96. The first-order chi connectivity index (χ1) is 12.2. The minimum absolute atomic E-state index is 0.493. The zero-order chi connectivity index (χ0) is 20.8. The van der Waals surface area contributed by atoms with Gasteiger partial charge in [-0.3, -0.25) is 0 Å². The number of rotatable bonds is 2. The summed E-state index contributed by atoms with van der Waals surface area (Å²) in [5.74, 6) is -2.45. The van der Waals surface area contributed by atoms with Crippen molar-refractivity contribution in [1.29, 1.82) is 0 Å². The maximum atomic E-state index is 13.3. The Kier molecular flexibility index (Phi) is 4.88. The van der Waals surface area contributed by atoms with Gasteiger partial charge in [0.1, 0.15) is 22.4 Å². The molecule has 0 aliphatic carbocycles. The van der Waals surface area contributed by atoms with Crippen molar-refractivity contribution in [3.63, 3.8) is 0 Å². The molecule has 2 aromatic rings. The third kappa shape index (κ3) is 3.98. The number of alkyl halides is 9. The minimum Gasteiger partial charge on any atom is -0.456 e. The van der Waals surface area contributed by atoms with Crippen molar-refractivity contribution >= 4 is 11.4 Å². The van der Waals surface area contributed by atoms with Gasteiger partial charge in [-0.1, -0.05) is 18.2 Å². The van der Waals surface area contributed by atoms with Gasteiger partial charge in [-0.2, -0.15) is 39.5 Å². The number of nitrogens with two attached hydrogens (primary N) is 2. The molecule has 0 fully saturated rings. The smallest absolute Gasteiger partial charge is 0.422 e. The van der Waals surface area contributed by atoms with Gasteiger partial charge < -0.3 is 16.2 Å². The lowest BCUT2D eigenvalue weighted by Crippen LogP contribution is -2.24. The topological polar surface area (TPSA) is 61.3 Å². The molecule has 27 heavy (non-hydrogen) atoms. The molecular formula is C15H9F9N2O. The summed E-state index contributed by atoms with van der Waals surface area (Å²) in [6.07, 6.45) is -17.1. The molecule has 0 radical (unpaired) electrons. The van der Waals surface area contributed by atoms with E-state index in [-0.39, 0.29) is 0 Å². The van der Waals surface area contributed by atoms with E-state index in [2.05, 4.69) is 4.74 Å². The Hall–Kier alpha value is -2.79. The second-order valence-corrected chi connectivity index (χ2v) is 5.19. The fourth-order valence-electron chi connectivity index (χ4n) is 2.34. The van der Waals surface area contributed by atoms with Gasteiger partial charge in [0.05, 0.1) is 11.4 Å². The summed E-state index contributed by atoms with van der Waals surface area (Å²) < 4.78 is 124. The highest BCUT2D eigenvalue weighted by atomic mass is 19.4. The Morgan fingerprint density at radius 2 is 0.963 bits per heavy atom. The average Bonchev–Trinajstić information content (AvgIpc) is 2.43. The second-order valence-electron chi connectivity index (χ2n) is 5.19. The van der Waals surface area contributed by atoms with E-state index < -0.39 is 58.1 Å². The zero-order valence-corrected chi connectivity index (χ0v) is 12.9. The summed E-state index contributed by atoms with van der Waals surface area (Å²) in [4.78, 5) is 0. The molecule has 2 aromatic carbocycles. The molecule has 0 spiro atoms. The van der Waals surface area contributed by atoms with E-state index in [0.29, 0.717) is 0 Å². The number of anilines is 2. The van der Waals surface area contributed by atoms with Crippen molar-refractivity contribution in [3.8, 4) is 11.5 Å². The Balaban J connectivity index is 2.99. The minimum atomic E-state index is -5.69. The monoisotopic (exact) mass is 404 g/mol. The first kappa shape index (κ1) is 20.5. The molecule has 12 heteroatoms. The lowest BCUT2D eigenvalue weighted by molar-refractivity contribution is -0.147. The third-order valence-corrected chi connectivity index (χ3v) is 3.35. The molecule has 0 unspecified atom stereocenters. The first-order valence-corrected chi connectivity index (χ1v) is 6.85. The van der Waals surface area contributed by atoms with Crippen LogP contribution in [0.1, 0.15) is 16.7 Å². The molecule has 0 saturated heterocycles. The average molecular weight is 404 g/mol. The maximum absolute atomic E-state index is 13.3. The Morgan fingerprint density at radius 3 is 1.30 bits per heavy atom. The van der Waals surface area contributed by atoms with E-state index in [0.717, 1.165) is 12.1 Å².